The summed E-state index contributed by atoms with van der Waals surface area (Å²) in [4.78, 5) is 34.1. The van der Waals surface area contributed by atoms with Crippen LogP contribution in [-0.4, -0.2) is 35.0 Å². The summed E-state index contributed by atoms with van der Waals surface area (Å²) >= 11 is 0. The van der Waals surface area contributed by atoms with Gasteiger partial charge in [-0.3, -0.25) is 14.8 Å². The number of ether oxygens (including phenoxy) is 1. The molecule has 5 aromatic rings. The van der Waals surface area contributed by atoms with Crippen molar-refractivity contribution in [2.75, 3.05) is 7.11 Å². The van der Waals surface area contributed by atoms with Crippen molar-refractivity contribution in [2.45, 2.75) is 76.7 Å². The highest BCUT2D eigenvalue weighted by atomic mass is 16.5. The highest BCUT2D eigenvalue weighted by molar-refractivity contribution is 6.04. The smallest absolute Gasteiger partial charge is 0.328 e. The monoisotopic (exact) mass is 625 g/mol. The topological polar surface area (TPSA) is 81.2 Å². The molecule has 6 heteroatoms. The summed E-state index contributed by atoms with van der Waals surface area (Å²) in [6, 6.07) is 26.5. The van der Waals surface area contributed by atoms with E-state index in [4.69, 9.17) is 4.74 Å². The van der Waals surface area contributed by atoms with Crippen LogP contribution in [0.5, 0.6) is 0 Å². The molecular formula is C41H43N3O3. The molecule has 2 aromatic heterocycles. The van der Waals surface area contributed by atoms with Gasteiger partial charge in [-0.05, 0) is 72.9 Å². The van der Waals surface area contributed by atoms with Gasteiger partial charge in [-0.25, -0.2) is 4.79 Å². The quantitative estimate of drug-likeness (QED) is 0.0547. The number of hydrogen-bond acceptors (Lipinski definition) is 5. The van der Waals surface area contributed by atoms with Gasteiger partial charge in [0.25, 0.3) is 5.91 Å². The Kier molecular flexibility index (Phi) is 12.5. The summed E-state index contributed by atoms with van der Waals surface area (Å²) in [5.41, 5.74) is 5.75. The summed E-state index contributed by atoms with van der Waals surface area (Å²) in [7, 11) is 1.33. The normalized spacial score (nSPS) is 11.5. The average molecular weight is 626 g/mol. The van der Waals surface area contributed by atoms with Crippen LogP contribution >= 0.6 is 0 Å². The number of aryl methyl sites for hydroxylation is 1. The third-order valence-electron chi connectivity index (χ3n) is 8.50. The number of rotatable bonds is 15. The number of fused-ring (bicyclic) bond motifs is 3. The van der Waals surface area contributed by atoms with Crippen molar-refractivity contribution in [2.24, 2.45) is 0 Å². The maximum atomic E-state index is 12.6. The van der Waals surface area contributed by atoms with E-state index >= 15 is 0 Å². The van der Waals surface area contributed by atoms with E-state index in [1.165, 1.54) is 68.4 Å². The minimum Gasteiger partial charge on any atom is -0.467 e. The van der Waals surface area contributed by atoms with E-state index in [1.807, 2.05) is 54.9 Å². The second kappa shape index (κ2) is 17.6. The van der Waals surface area contributed by atoms with Crippen LogP contribution in [-0.2, 0) is 22.4 Å². The lowest BCUT2D eigenvalue weighted by atomic mass is 9.98. The molecule has 0 fully saturated rings. The number of esters is 1. The van der Waals surface area contributed by atoms with Crippen LogP contribution in [0, 0.1) is 11.8 Å². The first-order chi connectivity index (χ1) is 23.1. The van der Waals surface area contributed by atoms with Gasteiger partial charge >= 0.3 is 5.97 Å². The van der Waals surface area contributed by atoms with Crippen molar-refractivity contribution in [1.82, 2.24) is 15.3 Å². The van der Waals surface area contributed by atoms with Crippen LogP contribution in [0.15, 0.2) is 97.3 Å². The summed E-state index contributed by atoms with van der Waals surface area (Å²) in [6.45, 7) is 0. The fraction of sp³-hybridized carbons (Fsp3) is 0.317. The van der Waals surface area contributed by atoms with Crippen LogP contribution in [0.2, 0.25) is 0 Å². The maximum Gasteiger partial charge on any atom is 0.328 e. The number of unbranched alkanes of at least 4 members (excludes halogenated alkanes) is 8. The van der Waals surface area contributed by atoms with E-state index in [1.54, 1.807) is 24.3 Å². The Morgan fingerprint density at radius 2 is 1.45 bits per heavy atom. The highest BCUT2D eigenvalue weighted by Crippen LogP contribution is 2.27. The number of carbonyl (C=O) groups is 2. The van der Waals surface area contributed by atoms with Gasteiger partial charge in [-0.1, -0.05) is 92.8 Å². The van der Waals surface area contributed by atoms with E-state index in [2.05, 4.69) is 45.3 Å². The SMILES string of the molecule is COC(=O)[C@H](Cc1ccc(C#CCCCCCCCCCCc2cc3cccnc3c3ncccc23)cc1)NC(=O)c1ccccc1. The largest absolute Gasteiger partial charge is 0.467 e. The molecule has 0 radical (unpaired) electrons. The summed E-state index contributed by atoms with van der Waals surface area (Å²) in [5, 5.41) is 5.19. The zero-order valence-electron chi connectivity index (χ0n) is 27.2. The Labute approximate surface area is 278 Å². The van der Waals surface area contributed by atoms with Crippen LogP contribution in [0.3, 0.4) is 0 Å². The zero-order chi connectivity index (χ0) is 32.7. The van der Waals surface area contributed by atoms with Gasteiger partial charge in [-0.2, -0.15) is 0 Å². The third-order valence-corrected chi connectivity index (χ3v) is 8.50. The van der Waals surface area contributed by atoms with Gasteiger partial charge in [0, 0.05) is 47.1 Å². The van der Waals surface area contributed by atoms with Crippen molar-refractivity contribution in [3.05, 3.63) is 120 Å². The molecule has 0 saturated carbocycles. The van der Waals surface area contributed by atoms with Crippen molar-refractivity contribution in [3.8, 4) is 11.8 Å². The number of amides is 1. The molecule has 2 heterocycles. The van der Waals surface area contributed by atoms with E-state index in [-0.39, 0.29) is 5.91 Å². The molecule has 5 rings (SSSR count). The van der Waals surface area contributed by atoms with Gasteiger partial charge < -0.3 is 10.1 Å². The molecule has 0 unspecified atom stereocenters. The predicted molar refractivity (Wildman–Crippen MR) is 189 cm³/mol. The van der Waals surface area contributed by atoms with Crippen molar-refractivity contribution in [1.29, 1.82) is 0 Å². The van der Waals surface area contributed by atoms with Crippen LogP contribution in [0.4, 0.5) is 0 Å². The highest BCUT2D eigenvalue weighted by Gasteiger charge is 2.22. The number of carbonyl (C=O) groups excluding carboxylic acids is 2. The fourth-order valence-corrected chi connectivity index (χ4v) is 5.94. The second-order valence-corrected chi connectivity index (χ2v) is 12.0. The Balaban J connectivity index is 0.955. The molecule has 0 bridgehead atoms. The first kappa shape index (κ1) is 33.3. The molecule has 47 heavy (non-hydrogen) atoms. The van der Waals surface area contributed by atoms with E-state index in [0.717, 1.165) is 41.4 Å². The number of hydrogen-bond donors (Lipinski definition) is 1. The van der Waals surface area contributed by atoms with E-state index < -0.39 is 12.0 Å². The first-order valence-electron chi connectivity index (χ1n) is 16.8. The Hall–Kier alpha value is -5.02. The molecular weight excluding hydrogens is 582 g/mol. The van der Waals surface area contributed by atoms with Crippen molar-refractivity contribution < 1.29 is 14.3 Å². The minimum atomic E-state index is -0.767. The Morgan fingerprint density at radius 1 is 0.766 bits per heavy atom. The molecule has 0 aliphatic carbocycles. The number of methoxy groups -OCH3 is 1. The van der Waals surface area contributed by atoms with Gasteiger partial charge in [0.1, 0.15) is 6.04 Å². The zero-order valence-corrected chi connectivity index (χ0v) is 27.2. The van der Waals surface area contributed by atoms with E-state index in [0.29, 0.717) is 12.0 Å². The maximum absolute atomic E-state index is 12.6. The van der Waals surface area contributed by atoms with Crippen molar-refractivity contribution >= 4 is 33.7 Å². The third kappa shape index (κ3) is 9.73. The van der Waals surface area contributed by atoms with E-state index in [9.17, 15) is 9.59 Å². The molecule has 1 amide bonds. The van der Waals surface area contributed by atoms with Gasteiger partial charge in [0.2, 0.25) is 0 Å². The summed E-state index contributed by atoms with van der Waals surface area (Å²) < 4.78 is 4.93. The lowest BCUT2D eigenvalue weighted by molar-refractivity contribution is -0.142. The number of benzene rings is 3. The molecule has 3 aromatic carbocycles. The summed E-state index contributed by atoms with van der Waals surface area (Å²) in [6.07, 6.45) is 15.9. The Morgan fingerprint density at radius 3 is 2.19 bits per heavy atom. The molecule has 1 atom stereocenters. The number of nitrogens with zero attached hydrogens (tertiary/aromatic N) is 2. The summed E-state index contributed by atoms with van der Waals surface area (Å²) in [5.74, 6) is 5.78. The van der Waals surface area contributed by atoms with Crippen LogP contribution in [0.1, 0.15) is 84.8 Å². The minimum absolute atomic E-state index is 0.304. The molecule has 0 spiro atoms. The van der Waals surface area contributed by atoms with Crippen LogP contribution < -0.4 is 5.32 Å². The molecule has 0 aliphatic heterocycles. The average Bonchev–Trinajstić information content (AvgIpc) is 3.12. The number of nitrogens with one attached hydrogen (secondary N) is 1. The Bertz CT molecular complexity index is 1820. The van der Waals surface area contributed by atoms with Gasteiger partial charge in [-0.15, -0.1) is 0 Å². The molecule has 1 N–H and O–H groups in total. The number of pyridine rings is 2. The second-order valence-electron chi connectivity index (χ2n) is 12.0. The number of aromatic nitrogens is 2. The lowest BCUT2D eigenvalue weighted by Crippen LogP contribution is -2.43. The molecule has 240 valence electrons. The van der Waals surface area contributed by atoms with Gasteiger partial charge in [0.05, 0.1) is 18.1 Å². The first-order valence-corrected chi connectivity index (χ1v) is 16.8. The standard InChI is InChI=1S/C41H43N3O3/c1-47-41(46)37(44-40(45)33-18-13-10-14-19-33)29-32-25-23-31(24-26-32)17-11-8-6-4-2-3-5-7-9-12-20-34-30-35-21-15-27-42-38(35)39-36(34)22-16-28-43-39/h10,13-16,18-19,21-28,30,37H,2-9,12,20,29H2,1H3,(H,44,45)/t37-/m0/s1. The predicted octanol–water partition coefficient (Wildman–Crippen LogP) is 8.40. The van der Waals surface area contributed by atoms with Crippen molar-refractivity contribution in [3.63, 3.8) is 0 Å². The molecule has 0 aliphatic rings. The lowest BCUT2D eigenvalue weighted by Gasteiger charge is -2.16. The van der Waals surface area contributed by atoms with Gasteiger partial charge in [0.15, 0.2) is 0 Å². The van der Waals surface area contributed by atoms with Crippen LogP contribution in [0.25, 0.3) is 21.8 Å². The fourth-order valence-electron chi connectivity index (χ4n) is 5.94. The molecule has 6 nitrogen and oxygen atoms in total. The molecule has 0 saturated heterocycles.